The lowest BCUT2D eigenvalue weighted by atomic mass is 9.99. The number of anilines is 1. The second-order valence-electron chi connectivity index (χ2n) is 8.02. The Balaban J connectivity index is 1.49. The third-order valence-corrected chi connectivity index (χ3v) is 6.09. The van der Waals surface area contributed by atoms with Crippen molar-refractivity contribution in [1.82, 2.24) is 0 Å². The Labute approximate surface area is 189 Å². The highest BCUT2D eigenvalue weighted by Gasteiger charge is 2.34. The van der Waals surface area contributed by atoms with Gasteiger partial charge >= 0.3 is 0 Å². The quantitative estimate of drug-likeness (QED) is 0.358. The van der Waals surface area contributed by atoms with E-state index in [0.717, 1.165) is 17.0 Å². The van der Waals surface area contributed by atoms with Gasteiger partial charge in [-0.05, 0) is 53.4 Å². The average Bonchev–Trinajstić information content (AvgIpc) is 3.22. The molecular weight excluding hydrogens is 392 g/mol. The van der Waals surface area contributed by atoms with Crippen molar-refractivity contribution in [2.45, 2.75) is 19.1 Å². The number of nitrogens with zero attached hydrogens (tertiary/aromatic N) is 2. The summed E-state index contributed by atoms with van der Waals surface area (Å²) in [5, 5.41) is 0. The molecule has 0 aliphatic carbocycles. The second kappa shape index (κ2) is 8.72. The van der Waals surface area contributed by atoms with Gasteiger partial charge in [-0.1, -0.05) is 84.9 Å². The number of methoxy groups -OCH3 is 1. The maximum absolute atomic E-state index is 5.28. The number of rotatable bonds is 5. The third kappa shape index (κ3) is 3.78. The summed E-state index contributed by atoms with van der Waals surface area (Å²) in [4.78, 5) is 7.62. The molecule has 0 saturated heterocycles. The molecule has 0 saturated carbocycles. The number of hydrogen-bond donors (Lipinski definition) is 0. The Kier molecular flexibility index (Phi) is 5.47. The monoisotopic (exact) mass is 418 g/mol. The molecule has 158 valence electrons. The highest BCUT2D eigenvalue weighted by atomic mass is 16.5. The Hall–Kier alpha value is -3.85. The van der Waals surface area contributed by atoms with E-state index in [4.69, 9.17) is 9.73 Å². The molecule has 0 amide bonds. The lowest BCUT2D eigenvalue weighted by Gasteiger charge is -2.30. The van der Waals surface area contributed by atoms with Gasteiger partial charge < -0.3 is 9.64 Å². The Morgan fingerprint density at radius 1 is 0.656 bits per heavy atom. The van der Waals surface area contributed by atoms with Crippen molar-refractivity contribution in [3.05, 3.63) is 120 Å². The summed E-state index contributed by atoms with van der Waals surface area (Å²) in [7, 11) is 1.69. The van der Waals surface area contributed by atoms with Gasteiger partial charge in [0.15, 0.2) is 0 Å². The van der Waals surface area contributed by atoms with Gasteiger partial charge in [0.05, 0.1) is 18.9 Å². The number of ether oxygens (including phenoxy) is 1. The molecule has 3 heteroatoms. The van der Waals surface area contributed by atoms with Gasteiger partial charge in [0.25, 0.3) is 0 Å². The molecule has 1 heterocycles. The number of aliphatic imine (C=N–C) groups is 1. The molecule has 0 fully saturated rings. The summed E-state index contributed by atoms with van der Waals surface area (Å²) < 4.78 is 5.28. The molecule has 0 bridgehead atoms. The zero-order chi connectivity index (χ0) is 21.9. The van der Waals surface area contributed by atoms with E-state index in [9.17, 15) is 0 Å². The molecular formula is C29H26N2O. The number of benzene rings is 4. The van der Waals surface area contributed by atoms with E-state index in [0.29, 0.717) is 0 Å². The zero-order valence-electron chi connectivity index (χ0n) is 18.3. The average molecular weight is 419 g/mol. The van der Waals surface area contributed by atoms with Crippen molar-refractivity contribution in [1.29, 1.82) is 0 Å². The van der Waals surface area contributed by atoms with Crippen molar-refractivity contribution in [3.63, 3.8) is 0 Å². The van der Waals surface area contributed by atoms with E-state index < -0.39 is 0 Å². The molecule has 2 unspecified atom stereocenters. The van der Waals surface area contributed by atoms with Crippen molar-refractivity contribution < 1.29 is 4.74 Å². The summed E-state index contributed by atoms with van der Waals surface area (Å²) >= 11 is 0. The summed E-state index contributed by atoms with van der Waals surface area (Å²) in [6, 6.07) is 38.2. The standard InChI is InChI=1S/C29H26N2O/c1-21-28(24-15-13-22(14-16-24)23-17-19-27(32-2)20-18-23)30-29(25-9-5-3-6-10-25)31(21)26-11-7-4-8-12-26/h3-21,29H,1-2H3. The lowest BCUT2D eigenvalue weighted by Crippen LogP contribution is -2.35. The highest BCUT2D eigenvalue weighted by Crippen LogP contribution is 2.37. The van der Waals surface area contributed by atoms with Crippen LogP contribution < -0.4 is 9.64 Å². The zero-order valence-corrected chi connectivity index (χ0v) is 18.3. The van der Waals surface area contributed by atoms with Gasteiger partial charge in [-0.15, -0.1) is 0 Å². The lowest BCUT2D eigenvalue weighted by molar-refractivity contribution is 0.415. The Morgan fingerprint density at radius 2 is 1.19 bits per heavy atom. The second-order valence-corrected chi connectivity index (χ2v) is 8.02. The van der Waals surface area contributed by atoms with E-state index in [2.05, 4.69) is 109 Å². The van der Waals surface area contributed by atoms with E-state index in [1.54, 1.807) is 7.11 Å². The summed E-state index contributed by atoms with van der Waals surface area (Å²) in [5.41, 5.74) is 7.02. The third-order valence-electron chi connectivity index (χ3n) is 6.09. The van der Waals surface area contributed by atoms with Crippen LogP contribution in [0.15, 0.2) is 114 Å². The molecule has 0 aromatic heterocycles. The van der Waals surface area contributed by atoms with E-state index in [-0.39, 0.29) is 12.2 Å². The summed E-state index contributed by atoms with van der Waals surface area (Å²) in [5.74, 6) is 0.868. The van der Waals surface area contributed by atoms with Gasteiger partial charge in [-0.3, -0.25) is 4.99 Å². The van der Waals surface area contributed by atoms with Crippen molar-refractivity contribution >= 4 is 11.4 Å². The predicted molar refractivity (Wildman–Crippen MR) is 133 cm³/mol. The van der Waals surface area contributed by atoms with Crippen LogP contribution in [-0.2, 0) is 0 Å². The van der Waals surface area contributed by atoms with Crippen LogP contribution in [0.25, 0.3) is 11.1 Å². The van der Waals surface area contributed by atoms with Gasteiger partial charge in [0, 0.05) is 5.69 Å². The fraction of sp³-hybridized carbons (Fsp3) is 0.138. The minimum Gasteiger partial charge on any atom is -0.497 e. The first kappa shape index (κ1) is 20.1. The molecule has 4 aromatic rings. The van der Waals surface area contributed by atoms with Gasteiger partial charge in [-0.25, -0.2) is 0 Å². The maximum Gasteiger partial charge on any atom is 0.148 e. The first-order valence-electron chi connectivity index (χ1n) is 11.0. The molecule has 4 aromatic carbocycles. The Bertz CT molecular complexity index is 1200. The van der Waals surface area contributed by atoms with Crippen LogP contribution in [0, 0.1) is 0 Å². The van der Waals surface area contributed by atoms with Crippen LogP contribution in [0.5, 0.6) is 5.75 Å². The van der Waals surface area contributed by atoms with Crippen LogP contribution in [0.4, 0.5) is 5.69 Å². The fourth-order valence-corrected chi connectivity index (χ4v) is 4.40. The van der Waals surface area contributed by atoms with Crippen LogP contribution >= 0.6 is 0 Å². The summed E-state index contributed by atoms with van der Waals surface area (Å²) in [6.45, 7) is 2.24. The molecule has 2 atom stereocenters. The van der Waals surface area contributed by atoms with Gasteiger partial charge in [0.1, 0.15) is 11.9 Å². The molecule has 5 rings (SSSR count). The van der Waals surface area contributed by atoms with Crippen molar-refractivity contribution in [2.24, 2.45) is 4.99 Å². The minimum absolute atomic E-state index is 0.0372. The normalized spacial score (nSPS) is 17.8. The van der Waals surface area contributed by atoms with Crippen molar-refractivity contribution in [2.75, 3.05) is 12.0 Å². The molecule has 0 spiro atoms. The first-order valence-corrected chi connectivity index (χ1v) is 11.0. The van der Waals surface area contributed by atoms with Gasteiger partial charge in [-0.2, -0.15) is 0 Å². The number of hydrogen-bond acceptors (Lipinski definition) is 3. The molecule has 32 heavy (non-hydrogen) atoms. The highest BCUT2D eigenvalue weighted by molar-refractivity contribution is 6.08. The maximum atomic E-state index is 5.28. The van der Waals surface area contributed by atoms with E-state index in [1.807, 2.05) is 12.1 Å². The van der Waals surface area contributed by atoms with Gasteiger partial charge in [0.2, 0.25) is 0 Å². The molecule has 1 aliphatic rings. The number of para-hydroxylation sites is 1. The largest absolute Gasteiger partial charge is 0.497 e. The molecule has 0 radical (unpaired) electrons. The molecule has 1 aliphatic heterocycles. The van der Waals surface area contributed by atoms with E-state index >= 15 is 0 Å². The van der Waals surface area contributed by atoms with Crippen LogP contribution in [0.1, 0.15) is 24.2 Å². The minimum atomic E-state index is -0.0372. The molecule has 3 nitrogen and oxygen atoms in total. The van der Waals surface area contributed by atoms with Crippen LogP contribution in [0.2, 0.25) is 0 Å². The van der Waals surface area contributed by atoms with E-state index in [1.165, 1.54) is 22.4 Å². The predicted octanol–water partition coefficient (Wildman–Crippen LogP) is 6.76. The van der Waals surface area contributed by atoms with Crippen molar-refractivity contribution in [3.8, 4) is 16.9 Å². The smallest absolute Gasteiger partial charge is 0.148 e. The first-order chi connectivity index (χ1) is 15.7. The topological polar surface area (TPSA) is 24.8 Å². The SMILES string of the molecule is COc1ccc(-c2ccc(C3=NC(c4ccccc4)N(c4ccccc4)C3C)cc2)cc1. The fourth-order valence-electron chi connectivity index (χ4n) is 4.40. The molecule has 0 N–H and O–H groups in total. The van der Waals surface area contributed by atoms with Crippen LogP contribution in [0.3, 0.4) is 0 Å². The summed E-state index contributed by atoms with van der Waals surface area (Å²) in [6.07, 6.45) is -0.0372. The van der Waals surface area contributed by atoms with Crippen LogP contribution in [-0.4, -0.2) is 18.9 Å². The Morgan fingerprint density at radius 3 is 1.78 bits per heavy atom.